The number of pyridine rings is 1. The summed E-state index contributed by atoms with van der Waals surface area (Å²) in [5, 5.41) is 3.53. The van der Waals surface area contributed by atoms with Crippen LogP contribution in [-0.2, 0) is 4.74 Å². The third-order valence-corrected chi connectivity index (χ3v) is 7.85. The van der Waals surface area contributed by atoms with E-state index in [2.05, 4.69) is 31.1 Å². The van der Waals surface area contributed by atoms with Crippen LogP contribution < -0.4 is 10.1 Å². The van der Waals surface area contributed by atoms with Gasteiger partial charge in [-0.25, -0.2) is 4.98 Å². The van der Waals surface area contributed by atoms with E-state index in [-0.39, 0.29) is 6.10 Å². The third kappa shape index (κ3) is 4.11. The minimum absolute atomic E-state index is 0.251. The van der Waals surface area contributed by atoms with Crippen LogP contribution in [0.2, 0.25) is 0 Å². The Labute approximate surface area is 176 Å². The molecule has 1 aromatic rings. The van der Waals surface area contributed by atoms with Gasteiger partial charge in [-0.3, -0.25) is 4.90 Å². The Balaban J connectivity index is 1.04. The maximum Gasteiger partial charge on any atom is 0.214 e. The first-order valence-corrected chi connectivity index (χ1v) is 11.9. The second kappa shape index (κ2) is 8.21. The Morgan fingerprint density at radius 2 is 1.79 bits per heavy atom. The molecule has 3 heterocycles. The highest BCUT2D eigenvalue weighted by molar-refractivity contribution is 9.10. The minimum Gasteiger partial charge on any atom is -0.474 e. The summed E-state index contributed by atoms with van der Waals surface area (Å²) < 4.78 is 13.4. The average Bonchev–Trinajstić information content (AvgIpc) is 3.50. The predicted octanol–water partition coefficient (Wildman–Crippen LogP) is 3.77. The summed E-state index contributed by atoms with van der Waals surface area (Å²) in [7, 11) is 0. The fourth-order valence-electron chi connectivity index (χ4n) is 5.52. The van der Waals surface area contributed by atoms with Crippen LogP contribution >= 0.6 is 15.9 Å². The van der Waals surface area contributed by atoms with E-state index < -0.39 is 0 Å². The summed E-state index contributed by atoms with van der Waals surface area (Å²) in [4.78, 5) is 7.10. The Kier molecular flexibility index (Phi) is 5.65. The number of likely N-dealkylation sites (tertiary alicyclic amines) is 1. The molecule has 0 aromatic carbocycles. The molecule has 4 aliphatic rings. The maximum absolute atomic E-state index is 6.40. The van der Waals surface area contributed by atoms with Crippen molar-refractivity contribution < 1.29 is 9.47 Å². The average molecular weight is 450 g/mol. The standard InChI is InChI=1S/C22H32BrN3O2/c23-17-3-10-25-21(13-17)28-20-14-19(15-20)27-18-4-11-26(12-5-18)22(6-7-22)16-1-8-24-9-2-16/h3,10,13,16,18-20,24H,1-2,4-9,11-12,14-15H2. The molecule has 0 spiro atoms. The topological polar surface area (TPSA) is 46.6 Å². The summed E-state index contributed by atoms with van der Waals surface area (Å²) in [5.41, 5.74) is 0.555. The fourth-order valence-corrected chi connectivity index (χ4v) is 5.84. The van der Waals surface area contributed by atoms with Crippen molar-refractivity contribution in [1.29, 1.82) is 0 Å². The number of rotatable bonds is 6. The highest BCUT2D eigenvalue weighted by Crippen LogP contribution is 2.51. The number of halogens is 1. The van der Waals surface area contributed by atoms with E-state index in [1.165, 1.54) is 64.7 Å². The minimum atomic E-state index is 0.251. The summed E-state index contributed by atoms with van der Waals surface area (Å²) >= 11 is 3.47. The van der Waals surface area contributed by atoms with Gasteiger partial charge in [0, 0.05) is 48.2 Å². The van der Waals surface area contributed by atoms with Gasteiger partial charge in [0.15, 0.2) is 0 Å². The van der Waals surface area contributed by atoms with Crippen molar-refractivity contribution in [2.75, 3.05) is 26.2 Å². The smallest absolute Gasteiger partial charge is 0.214 e. The van der Waals surface area contributed by atoms with Gasteiger partial charge in [0.05, 0.1) is 12.2 Å². The van der Waals surface area contributed by atoms with Crippen LogP contribution in [0, 0.1) is 5.92 Å². The van der Waals surface area contributed by atoms with E-state index in [4.69, 9.17) is 9.47 Å². The van der Waals surface area contributed by atoms with Crippen molar-refractivity contribution in [2.24, 2.45) is 5.92 Å². The third-order valence-electron chi connectivity index (χ3n) is 7.35. The molecule has 2 aliphatic heterocycles. The summed E-state index contributed by atoms with van der Waals surface area (Å²) in [6.45, 7) is 4.88. The van der Waals surface area contributed by atoms with Crippen molar-refractivity contribution in [3.8, 4) is 5.88 Å². The van der Waals surface area contributed by atoms with Crippen LogP contribution in [-0.4, -0.2) is 59.9 Å². The molecule has 1 N–H and O–H groups in total. The van der Waals surface area contributed by atoms with Gasteiger partial charge in [-0.05, 0) is 63.6 Å². The van der Waals surface area contributed by atoms with Crippen molar-refractivity contribution >= 4 is 15.9 Å². The van der Waals surface area contributed by atoms with Gasteiger partial charge in [0.2, 0.25) is 5.88 Å². The highest BCUT2D eigenvalue weighted by atomic mass is 79.9. The molecule has 2 saturated carbocycles. The van der Waals surface area contributed by atoms with Gasteiger partial charge < -0.3 is 14.8 Å². The molecule has 0 amide bonds. The lowest BCUT2D eigenvalue weighted by molar-refractivity contribution is -0.115. The number of nitrogens with zero attached hydrogens (tertiary/aromatic N) is 2. The number of hydrogen-bond donors (Lipinski definition) is 1. The van der Waals surface area contributed by atoms with Crippen LogP contribution in [0.5, 0.6) is 5.88 Å². The quantitative estimate of drug-likeness (QED) is 0.715. The van der Waals surface area contributed by atoms with Crippen molar-refractivity contribution in [3.05, 3.63) is 22.8 Å². The molecule has 2 saturated heterocycles. The Bertz CT molecular complexity index is 664. The van der Waals surface area contributed by atoms with Crippen molar-refractivity contribution in [3.63, 3.8) is 0 Å². The van der Waals surface area contributed by atoms with Gasteiger partial charge in [0.1, 0.15) is 6.10 Å². The Morgan fingerprint density at radius 1 is 1.04 bits per heavy atom. The van der Waals surface area contributed by atoms with Gasteiger partial charge >= 0.3 is 0 Å². The van der Waals surface area contributed by atoms with Crippen LogP contribution in [0.15, 0.2) is 22.8 Å². The van der Waals surface area contributed by atoms with E-state index in [1.54, 1.807) is 6.20 Å². The summed E-state index contributed by atoms with van der Waals surface area (Å²) in [6, 6.07) is 3.85. The second-order valence-electron chi connectivity index (χ2n) is 9.10. The van der Waals surface area contributed by atoms with Gasteiger partial charge in [-0.1, -0.05) is 15.9 Å². The molecule has 5 nitrogen and oxygen atoms in total. The number of ether oxygens (including phenoxy) is 2. The zero-order valence-corrected chi connectivity index (χ0v) is 18.2. The highest BCUT2D eigenvalue weighted by Gasteiger charge is 2.53. The number of nitrogens with one attached hydrogen (secondary N) is 1. The van der Waals surface area contributed by atoms with Crippen LogP contribution in [0.25, 0.3) is 0 Å². The van der Waals surface area contributed by atoms with E-state index in [9.17, 15) is 0 Å². The molecule has 2 aliphatic carbocycles. The largest absolute Gasteiger partial charge is 0.474 e. The van der Waals surface area contributed by atoms with E-state index in [0.717, 1.165) is 23.2 Å². The molecule has 0 atom stereocenters. The molecular weight excluding hydrogens is 418 g/mol. The van der Waals surface area contributed by atoms with Crippen LogP contribution in [0.4, 0.5) is 0 Å². The molecule has 0 bridgehead atoms. The normalized spacial score (nSPS) is 31.3. The molecule has 0 unspecified atom stereocenters. The van der Waals surface area contributed by atoms with Crippen molar-refractivity contribution in [1.82, 2.24) is 15.2 Å². The molecule has 4 fully saturated rings. The second-order valence-corrected chi connectivity index (χ2v) is 10.0. The number of piperidine rings is 2. The SMILES string of the molecule is Brc1ccnc(OC2CC(OC3CCN(C4(C5CCNCC5)CC4)CC3)C2)c1. The summed E-state index contributed by atoms with van der Waals surface area (Å²) in [5.74, 6) is 1.63. The molecule has 5 rings (SSSR count). The number of hydrogen-bond acceptors (Lipinski definition) is 5. The monoisotopic (exact) mass is 449 g/mol. The van der Waals surface area contributed by atoms with Gasteiger partial charge in [-0.15, -0.1) is 0 Å². The lowest BCUT2D eigenvalue weighted by Gasteiger charge is -2.44. The molecular formula is C22H32BrN3O2. The molecule has 154 valence electrons. The maximum atomic E-state index is 6.40. The van der Waals surface area contributed by atoms with Crippen LogP contribution in [0.1, 0.15) is 51.4 Å². The number of aromatic nitrogens is 1. The molecule has 28 heavy (non-hydrogen) atoms. The summed E-state index contributed by atoms with van der Waals surface area (Å²) in [6.07, 6.45) is 12.8. The first-order valence-electron chi connectivity index (χ1n) is 11.1. The zero-order chi connectivity index (χ0) is 19.0. The Morgan fingerprint density at radius 3 is 2.46 bits per heavy atom. The molecule has 6 heteroatoms. The van der Waals surface area contributed by atoms with Gasteiger partial charge in [-0.2, -0.15) is 0 Å². The van der Waals surface area contributed by atoms with E-state index in [0.29, 0.717) is 23.6 Å². The van der Waals surface area contributed by atoms with Gasteiger partial charge in [0.25, 0.3) is 0 Å². The lowest BCUT2D eigenvalue weighted by atomic mass is 9.85. The van der Waals surface area contributed by atoms with Crippen LogP contribution in [0.3, 0.4) is 0 Å². The van der Waals surface area contributed by atoms with E-state index >= 15 is 0 Å². The lowest BCUT2D eigenvalue weighted by Crippen LogP contribution is -2.51. The predicted molar refractivity (Wildman–Crippen MR) is 113 cm³/mol. The van der Waals surface area contributed by atoms with Crippen molar-refractivity contribution in [2.45, 2.75) is 75.2 Å². The zero-order valence-electron chi connectivity index (χ0n) is 16.6. The molecule has 1 aromatic heterocycles. The molecule has 0 radical (unpaired) electrons. The Hall–Kier alpha value is -0.690. The first kappa shape index (κ1) is 19.3. The van der Waals surface area contributed by atoms with E-state index in [1.807, 2.05) is 12.1 Å². The first-order chi connectivity index (χ1) is 13.7. The fraction of sp³-hybridized carbons (Fsp3) is 0.773.